The predicted octanol–water partition coefficient (Wildman–Crippen LogP) is 3.40. The zero-order chi connectivity index (χ0) is 34.4. The number of rotatable bonds is 6. The third-order valence-corrected chi connectivity index (χ3v) is 10.1. The number of carbonyl (C=O) groups is 1. The van der Waals surface area contributed by atoms with E-state index < -0.39 is 22.5 Å². The Balaban J connectivity index is 1.29. The number of nitrogen functional groups attached to an aromatic ring is 1. The minimum absolute atomic E-state index is 0.115. The molecular weight excluding hydrogens is 652 g/mol. The van der Waals surface area contributed by atoms with Gasteiger partial charge in [0, 0.05) is 48.3 Å². The van der Waals surface area contributed by atoms with Crippen molar-refractivity contribution in [2.75, 3.05) is 65.1 Å². The number of ether oxygens (including phenoxy) is 4. The standard InChI is InChI=1S/C34H40N6O8S/c1-34(2,33(41)42)40-9-10-44-11-12-45-13-14-47-29-15-24(3-4-25(29)18-36-17-22-20-46-21-22)27-16-30(48-39-27)31-32(35)37-19-28(38-31)23-5-7-26(8-6-23)49(40)43/h3-8,15-16,19,22,36H,9-14,17-18,20-21H2,1-2H3,(H2,35,37)(H,41,42). The van der Waals surface area contributed by atoms with Crippen molar-refractivity contribution in [2.24, 2.45) is 5.92 Å². The molecule has 1 unspecified atom stereocenters. The summed E-state index contributed by atoms with van der Waals surface area (Å²) in [6.07, 6.45) is 1.54. The van der Waals surface area contributed by atoms with Crippen molar-refractivity contribution in [1.82, 2.24) is 24.7 Å². The molecule has 1 atom stereocenters. The maximum absolute atomic E-state index is 13.7. The maximum atomic E-state index is 13.7. The van der Waals surface area contributed by atoms with E-state index in [1.165, 1.54) is 18.2 Å². The number of aromatic nitrogens is 3. The van der Waals surface area contributed by atoms with E-state index in [1.807, 2.05) is 18.2 Å². The summed E-state index contributed by atoms with van der Waals surface area (Å²) in [6.45, 7) is 7.51. The zero-order valence-corrected chi connectivity index (χ0v) is 28.2. The van der Waals surface area contributed by atoms with E-state index in [0.717, 1.165) is 30.9 Å². The second-order valence-electron chi connectivity index (χ2n) is 12.2. The number of fused-ring (bicyclic) bond motifs is 12. The number of carboxylic acids is 1. The van der Waals surface area contributed by atoms with Crippen LogP contribution in [0.3, 0.4) is 0 Å². The maximum Gasteiger partial charge on any atom is 0.324 e. The van der Waals surface area contributed by atoms with Crippen LogP contribution in [0.5, 0.6) is 5.75 Å². The normalized spacial score (nSPS) is 18.3. The average molecular weight is 693 g/mol. The number of nitrogens with two attached hydrogens (primary N) is 1. The highest BCUT2D eigenvalue weighted by molar-refractivity contribution is 7.82. The molecule has 3 aliphatic heterocycles. The molecule has 14 nitrogen and oxygen atoms in total. The number of hydrogen-bond donors (Lipinski definition) is 3. The Morgan fingerprint density at radius 2 is 1.73 bits per heavy atom. The Hall–Kier alpha value is -4.25. The van der Waals surface area contributed by atoms with Gasteiger partial charge in [-0.05, 0) is 32.0 Å². The smallest absolute Gasteiger partial charge is 0.324 e. The van der Waals surface area contributed by atoms with Crippen molar-refractivity contribution in [1.29, 1.82) is 0 Å². The lowest BCUT2D eigenvalue weighted by Crippen LogP contribution is -2.52. The molecule has 49 heavy (non-hydrogen) atoms. The first-order valence-corrected chi connectivity index (χ1v) is 17.1. The molecule has 1 saturated heterocycles. The Morgan fingerprint density at radius 1 is 1.00 bits per heavy atom. The molecule has 8 bridgehead atoms. The Morgan fingerprint density at radius 3 is 2.47 bits per heavy atom. The monoisotopic (exact) mass is 692 g/mol. The molecule has 15 heteroatoms. The van der Waals surface area contributed by atoms with Crippen LogP contribution in [0, 0.1) is 5.92 Å². The van der Waals surface area contributed by atoms with Gasteiger partial charge in [-0.15, -0.1) is 0 Å². The fraction of sp³-hybridized carbons (Fsp3) is 0.412. The summed E-state index contributed by atoms with van der Waals surface area (Å²) < 4.78 is 43.8. The molecule has 0 aliphatic carbocycles. The Labute approximate surface area is 286 Å². The van der Waals surface area contributed by atoms with Gasteiger partial charge in [0.25, 0.3) is 0 Å². The average Bonchev–Trinajstić information content (AvgIpc) is 3.57. The highest BCUT2D eigenvalue weighted by Gasteiger charge is 2.38. The van der Waals surface area contributed by atoms with Gasteiger partial charge in [0.1, 0.15) is 34.6 Å². The lowest BCUT2D eigenvalue weighted by atomic mass is 10.1. The lowest BCUT2D eigenvalue weighted by Gasteiger charge is -2.33. The van der Waals surface area contributed by atoms with Gasteiger partial charge >= 0.3 is 5.97 Å². The molecule has 0 radical (unpaired) electrons. The van der Waals surface area contributed by atoms with Gasteiger partial charge in [-0.1, -0.05) is 29.4 Å². The van der Waals surface area contributed by atoms with Crippen molar-refractivity contribution < 1.29 is 37.6 Å². The molecule has 0 amide bonds. The molecular formula is C34H40N6O8S. The molecule has 4 N–H and O–H groups in total. The van der Waals surface area contributed by atoms with Gasteiger partial charge in [0.05, 0.1) is 56.4 Å². The number of aliphatic carboxylic acids is 1. The third-order valence-electron chi connectivity index (χ3n) is 8.36. The van der Waals surface area contributed by atoms with Crippen molar-refractivity contribution in [2.45, 2.75) is 30.8 Å². The lowest BCUT2D eigenvalue weighted by molar-refractivity contribution is -0.146. The van der Waals surface area contributed by atoms with Crippen molar-refractivity contribution >= 4 is 22.8 Å². The van der Waals surface area contributed by atoms with Crippen LogP contribution in [0.25, 0.3) is 34.0 Å². The van der Waals surface area contributed by atoms with E-state index in [9.17, 15) is 14.1 Å². The second-order valence-corrected chi connectivity index (χ2v) is 13.6. The van der Waals surface area contributed by atoms with E-state index in [1.54, 1.807) is 36.5 Å². The second kappa shape index (κ2) is 15.5. The molecule has 5 heterocycles. The van der Waals surface area contributed by atoms with Crippen LogP contribution in [0.4, 0.5) is 5.82 Å². The van der Waals surface area contributed by atoms with E-state index in [-0.39, 0.29) is 25.6 Å². The minimum atomic E-state index is -1.80. The molecule has 4 aromatic rings. The van der Waals surface area contributed by atoms with Crippen molar-refractivity contribution in [3.05, 3.63) is 60.3 Å². The molecule has 0 spiro atoms. The van der Waals surface area contributed by atoms with E-state index >= 15 is 0 Å². The van der Waals surface area contributed by atoms with E-state index in [4.69, 9.17) is 34.2 Å². The van der Waals surface area contributed by atoms with Crippen LogP contribution in [-0.2, 0) is 36.5 Å². The highest BCUT2D eigenvalue weighted by atomic mass is 32.2. The number of carboxylic acid groups (broad SMARTS) is 1. The van der Waals surface area contributed by atoms with Gasteiger partial charge in [0.2, 0.25) is 0 Å². The van der Waals surface area contributed by atoms with Gasteiger partial charge in [-0.25, -0.2) is 18.5 Å². The first kappa shape index (κ1) is 34.6. The van der Waals surface area contributed by atoms with Crippen LogP contribution in [-0.4, -0.2) is 99.6 Å². The number of anilines is 1. The van der Waals surface area contributed by atoms with Crippen molar-refractivity contribution in [3.63, 3.8) is 0 Å². The minimum Gasteiger partial charge on any atom is -0.491 e. The van der Waals surface area contributed by atoms with Crippen LogP contribution in [0.2, 0.25) is 0 Å². The van der Waals surface area contributed by atoms with Gasteiger partial charge in [0.15, 0.2) is 17.3 Å². The summed E-state index contributed by atoms with van der Waals surface area (Å²) in [7, 11) is -1.80. The number of nitrogens with zero attached hydrogens (tertiary/aromatic N) is 4. The SMILES string of the molecule is CC(C)(C(=O)O)N1CCOCCOCCOc2cc(ccc2CNCC2COC2)-c2cc(on2)-c2nc(cnc2N)-c2ccc(cc2)S1=O. The summed E-state index contributed by atoms with van der Waals surface area (Å²) in [4.78, 5) is 21.6. The summed E-state index contributed by atoms with van der Waals surface area (Å²) in [6, 6.07) is 14.5. The predicted molar refractivity (Wildman–Crippen MR) is 181 cm³/mol. The van der Waals surface area contributed by atoms with Gasteiger partial charge < -0.3 is 39.6 Å². The first-order chi connectivity index (χ1) is 23.7. The fourth-order valence-electron chi connectivity index (χ4n) is 5.28. The molecule has 2 aromatic carbocycles. The van der Waals surface area contributed by atoms with E-state index in [0.29, 0.717) is 71.3 Å². The highest BCUT2D eigenvalue weighted by Crippen LogP contribution is 2.33. The molecule has 1 fully saturated rings. The Bertz CT molecular complexity index is 1780. The largest absolute Gasteiger partial charge is 0.491 e. The van der Waals surface area contributed by atoms with Crippen LogP contribution in [0.1, 0.15) is 19.4 Å². The molecule has 2 aromatic heterocycles. The van der Waals surface area contributed by atoms with Crippen molar-refractivity contribution in [3.8, 4) is 39.7 Å². The number of hydrogen-bond acceptors (Lipinski definition) is 12. The molecule has 7 rings (SSSR count). The summed E-state index contributed by atoms with van der Waals surface area (Å²) in [5, 5.41) is 17.7. The van der Waals surface area contributed by atoms with Crippen LogP contribution >= 0.6 is 0 Å². The number of nitrogens with one attached hydrogen (secondary N) is 1. The topological polar surface area (TPSA) is 184 Å². The van der Waals surface area contributed by atoms with E-state index in [2.05, 4.69) is 15.5 Å². The molecule has 260 valence electrons. The quantitative estimate of drug-likeness (QED) is 0.250. The van der Waals surface area contributed by atoms with Crippen LogP contribution in [0.15, 0.2) is 64.1 Å². The van der Waals surface area contributed by atoms with Gasteiger partial charge in [-0.3, -0.25) is 4.79 Å². The zero-order valence-electron chi connectivity index (χ0n) is 27.4. The van der Waals surface area contributed by atoms with Gasteiger partial charge in [-0.2, -0.15) is 0 Å². The van der Waals surface area contributed by atoms with Crippen LogP contribution < -0.4 is 15.8 Å². The summed E-state index contributed by atoms with van der Waals surface area (Å²) in [5.74, 6) is 0.603. The summed E-state index contributed by atoms with van der Waals surface area (Å²) >= 11 is 0. The molecule has 3 aliphatic rings. The first-order valence-electron chi connectivity index (χ1n) is 16.0. The Kier molecular flexibility index (Phi) is 11.0. The summed E-state index contributed by atoms with van der Waals surface area (Å²) in [5.41, 5.74) is 8.66. The number of benzene rings is 2. The molecule has 0 saturated carbocycles. The fourth-order valence-corrected chi connectivity index (χ4v) is 6.63. The third kappa shape index (κ3) is 8.15.